The second-order valence-electron chi connectivity index (χ2n) is 9.14. The molecule has 0 radical (unpaired) electrons. The van der Waals surface area contributed by atoms with Crippen molar-refractivity contribution in [2.24, 2.45) is 0 Å². The van der Waals surface area contributed by atoms with Crippen LogP contribution in [-0.2, 0) is 28.3 Å². The summed E-state index contributed by atoms with van der Waals surface area (Å²) in [5.74, 6) is 1.24. The van der Waals surface area contributed by atoms with E-state index in [2.05, 4.69) is 5.32 Å². The van der Waals surface area contributed by atoms with E-state index in [0.29, 0.717) is 28.0 Å². The molecule has 3 rings (SSSR count). The van der Waals surface area contributed by atoms with Crippen molar-refractivity contribution in [1.29, 1.82) is 0 Å². The molecule has 1 N–H and O–H groups in total. The number of benzene rings is 3. The fraction of sp³-hybridized carbons (Fsp3) is 0.333. The van der Waals surface area contributed by atoms with E-state index in [9.17, 15) is 9.59 Å². The van der Waals surface area contributed by atoms with Crippen LogP contribution in [0.3, 0.4) is 0 Å². The number of methoxy groups -OCH3 is 1. The maximum Gasteiger partial charge on any atom is 0.243 e. The highest BCUT2D eigenvalue weighted by Crippen LogP contribution is 2.25. The van der Waals surface area contributed by atoms with E-state index in [4.69, 9.17) is 27.9 Å². The van der Waals surface area contributed by atoms with Gasteiger partial charge in [0.25, 0.3) is 0 Å². The number of carbonyl (C=O) groups is 2. The maximum atomic E-state index is 13.8. The van der Waals surface area contributed by atoms with Gasteiger partial charge in [-0.15, -0.1) is 11.8 Å². The molecule has 2 unspecified atom stereocenters. The van der Waals surface area contributed by atoms with Crippen molar-refractivity contribution in [2.75, 3.05) is 12.9 Å². The minimum absolute atomic E-state index is 0.00132. The van der Waals surface area contributed by atoms with Gasteiger partial charge in [0.2, 0.25) is 11.8 Å². The summed E-state index contributed by atoms with van der Waals surface area (Å²) in [6, 6.07) is 22.2. The summed E-state index contributed by atoms with van der Waals surface area (Å²) in [5.41, 5.74) is 2.86. The highest BCUT2D eigenvalue weighted by atomic mass is 35.5. The third-order valence-corrected chi connectivity index (χ3v) is 7.97. The Morgan fingerprint density at radius 3 is 2.37 bits per heavy atom. The lowest BCUT2D eigenvalue weighted by molar-refractivity contribution is -0.139. The van der Waals surface area contributed by atoms with Gasteiger partial charge < -0.3 is 15.0 Å². The quantitative estimate of drug-likeness (QED) is 0.245. The minimum atomic E-state index is -0.671. The Balaban J connectivity index is 1.87. The Bertz CT molecular complexity index is 1210. The van der Waals surface area contributed by atoms with E-state index in [0.717, 1.165) is 23.1 Å². The largest absolute Gasteiger partial charge is 0.497 e. The number of halogens is 2. The molecule has 202 valence electrons. The first-order valence-corrected chi connectivity index (χ1v) is 14.5. The van der Waals surface area contributed by atoms with Gasteiger partial charge in [-0.2, -0.15) is 0 Å². The number of nitrogens with one attached hydrogen (secondary N) is 1. The normalized spacial score (nSPS) is 12.4. The molecule has 2 amide bonds. The molecule has 2 atom stereocenters. The Morgan fingerprint density at radius 1 is 0.947 bits per heavy atom. The predicted molar refractivity (Wildman–Crippen MR) is 158 cm³/mol. The number of carbonyl (C=O) groups excluding carboxylic acids is 2. The Morgan fingerprint density at radius 2 is 1.68 bits per heavy atom. The second-order valence-corrected chi connectivity index (χ2v) is 10.9. The molecule has 0 spiro atoms. The van der Waals surface area contributed by atoms with Crippen molar-refractivity contribution in [3.8, 4) is 5.75 Å². The Hall–Kier alpha value is -2.67. The fourth-order valence-electron chi connectivity index (χ4n) is 3.93. The lowest BCUT2D eigenvalue weighted by atomic mass is 10.0. The third kappa shape index (κ3) is 8.97. The third-order valence-electron chi connectivity index (χ3n) is 6.24. The molecule has 0 aliphatic rings. The van der Waals surface area contributed by atoms with Crippen LogP contribution in [0, 0.1) is 0 Å². The average Bonchev–Trinajstić information content (AvgIpc) is 2.93. The van der Waals surface area contributed by atoms with E-state index in [1.165, 1.54) is 11.8 Å². The molecule has 0 saturated heterocycles. The van der Waals surface area contributed by atoms with Gasteiger partial charge in [0, 0.05) is 24.8 Å². The van der Waals surface area contributed by atoms with E-state index in [-0.39, 0.29) is 30.2 Å². The topological polar surface area (TPSA) is 58.6 Å². The fourth-order valence-corrected chi connectivity index (χ4v) is 5.11. The SMILES string of the molecule is CCC(C)NC(=O)C(Cc1ccccc1)N(Cc1cccc(OC)c1)C(=O)CSCc1ccc(Cl)c(Cl)c1. The minimum Gasteiger partial charge on any atom is -0.497 e. The highest BCUT2D eigenvalue weighted by Gasteiger charge is 2.31. The van der Waals surface area contributed by atoms with Crippen LogP contribution in [-0.4, -0.2) is 41.7 Å². The number of amides is 2. The van der Waals surface area contributed by atoms with Crippen molar-refractivity contribution in [3.05, 3.63) is 99.5 Å². The zero-order chi connectivity index (χ0) is 27.5. The molecule has 38 heavy (non-hydrogen) atoms. The first kappa shape index (κ1) is 29.9. The van der Waals surface area contributed by atoms with Crippen LogP contribution in [0.25, 0.3) is 0 Å². The number of rotatable bonds is 13. The number of hydrogen-bond donors (Lipinski definition) is 1. The summed E-state index contributed by atoms with van der Waals surface area (Å²) in [7, 11) is 1.61. The molecule has 5 nitrogen and oxygen atoms in total. The molecular formula is C30H34Cl2N2O3S. The van der Waals surface area contributed by atoms with Crippen LogP contribution >= 0.6 is 35.0 Å². The van der Waals surface area contributed by atoms with E-state index in [1.807, 2.05) is 80.6 Å². The molecule has 3 aromatic carbocycles. The summed E-state index contributed by atoms with van der Waals surface area (Å²) in [4.78, 5) is 29.0. The Kier molecular flexibility index (Phi) is 11.8. The van der Waals surface area contributed by atoms with Crippen LogP contribution in [0.4, 0.5) is 0 Å². The van der Waals surface area contributed by atoms with Crippen molar-refractivity contribution in [2.45, 2.75) is 51.1 Å². The summed E-state index contributed by atoms with van der Waals surface area (Å²) in [5, 5.41) is 4.08. The zero-order valence-corrected chi connectivity index (χ0v) is 24.3. The van der Waals surface area contributed by atoms with Gasteiger partial charge in [0.05, 0.1) is 22.9 Å². The van der Waals surface area contributed by atoms with Gasteiger partial charge in [0.15, 0.2) is 0 Å². The predicted octanol–water partition coefficient (Wildman–Crippen LogP) is 6.79. The molecule has 0 saturated carbocycles. The van der Waals surface area contributed by atoms with Crippen LogP contribution in [0.15, 0.2) is 72.8 Å². The van der Waals surface area contributed by atoms with Gasteiger partial charge in [-0.05, 0) is 54.3 Å². The van der Waals surface area contributed by atoms with Crippen molar-refractivity contribution < 1.29 is 14.3 Å². The standard InChI is InChI=1S/C30H34Cl2N2O3S/c1-4-21(2)33-30(36)28(17-22-9-6-5-7-10-22)34(18-23-11-8-12-25(15-23)37-3)29(35)20-38-19-24-13-14-26(31)27(32)16-24/h5-16,21,28H,4,17-20H2,1-3H3,(H,33,36). The van der Waals surface area contributed by atoms with Gasteiger partial charge in [0.1, 0.15) is 11.8 Å². The summed E-state index contributed by atoms with van der Waals surface area (Å²) >= 11 is 13.7. The van der Waals surface area contributed by atoms with E-state index >= 15 is 0 Å². The van der Waals surface area contributed by atoms with E-state index in [1.54, 1.807) is 18.1 Å². The molecule has 0 bridgehead atoms. The molecule has 0 heterocycles. The van der Waals surface area contributed by atoms with Gasteiger partial charge in [-0.3, -0.25) is 9.59 Å². The summed E-state index contributed by atoms with van der Waals surface area (Å²) in [6.45, 7) is 4.28. The summed E-state index contributed by atoms with van der Waals surface area (Å²) in [6.07, 6.45) is 1.21. The first-order chi connectivity index (χ1) is 18.3. The van der Waals surface area contributed by atoms with Gasteiger partial charge >= 0.3 is 0 Å². The molecule has 0 aliphatic heterocycles. The van der Waals surface area contributed by atoms with Crippen molar-refractivity contribution >= 4 is 46.8 Å². The number of nitrogens with zero attached hydrogens (tertiary/aromatic N) is 1. The Labute approximate surface area is 239 Å². The zero-order valence-electron chi connectivity index (χ0n) is 22.0. The molecule has 0 fully saturated rings. The van der Waals surface area contributed by atoms with Crippen LogP contribution in [0.2, 0.25) is 10.0 Å². The van der Waals surface area contributed by atoms with Crippen LogP contribution in [0.1, 0.15) is 37.0 Å². The van der Waals surface area contributed by atoms with Crippen LogP contribution < -0.4 is 10.1 Å². The average molecular weight is 574 g/mol. The molecule has 3 aromatic rings. The second kappa shape index (κ2) is 15.1. The smallest absolute Gasteiger partial charge is 0.243 e. The van der Waals surface area contributed by atoms with Gasteiger partial charge in [-0.25, -0.2) is 0 Å². The molecular weight excluding hydrogens is 539 g/mol. The molecule has 0 aliphatic carbocycles. The number of ether oxygens (including phenoxy) is 1. The number of thioether (sulfide) groups is 1. The van der Waals surface area contributed by atoms with Gasteiger partial charge in [-0.1, -0.05) is 78.7 Å². The number of hydrogen-bond acceptors (Lipinski definition) is 4. The summed E-state index contributed by atoms with van der Waals surface area (Å²) < 4.78 is 5.39. The lowest BCUT2D eigenvalue weighted by Gasteiger charge is -2.32. The van der Waals surface area contributed by atoms with Crippen LogP contribution in [0.5, 0.6) is 5.75 Å². The van der Waals surface area contributed by atoms with Crippen molar-refractivity contribution in [3.63, 3.8) is 0 Å². The molecule has 0 aromatic heterocycles. The van der Waals surface area contributed by atoms with Crippen molar-refractivity contribution in [1.82, 2.24) is 10.2 Å². The monoisotopic (exact) mass is 572 g/mol. The highest BCUT2D eigenvalue weighted by molar-refractivity contribution is 7.99. The van der Waals surface area contributed by atoms with E-state index < -0.39 is 6.04 Å². The molecule has 8 heteroatoms. The first-order valence-electron chi connectivity index (χ1n) is 12.6. The lowest BCUT2D eigenvalue weighted by Crippen LogP contribution is -2.52. The maximum absolute atomic E-state index is 13.8.